The van der Waals surface area contributed by atoms with Gasteiger partial charge in [-0.2, -0.15) is 0 Å². The minimum absolute atomic E-state index is 0.278. The SMILES string of the molecule is O=C(O)C1Cc2nc3c(n2C1)CNCC3. The van der Waals surface area contributed by atoms with E-state index < -0.39 is 5.97 Å². The molecule has 0 saturated carbocycles. The van der Waals surface area contributed by atoms with Crippen LogP contribution in [0.3, 0.4) is 0 Å². The van der Waals surface area contributed by atoms with Crippen LogP contribution in [0.4, 0.5) is 0 Å². The Morgan fingerprint density at radius 1 is 1.60 bits per heavy atom. The number of hydrogen-bond acceptors (Lipinski definition) is 3. The Morgan fingerprint density at radius 3 is 3.27 bits per heavy atom. The minimum atomic E-state index is -0.710. The van der Waals surface area contributed by atoms with Gasteiger partial charge in [-0.3, -0.25) is 4.79 Å². The van der Waals surface area contributed by atoms with Gasteiger partial charge >= 0.3 is 5.97 Å². The van der Waals surface area contributed by atoms with Gasteiger partial charge in [0.2, 0.25) is 0 Å². The summed E-state index contributed by atoms with van der Waals surface area (Å²) < 4.78 is 2.08. The summed E-state index contributed by atoms with van der Waals surface area (Å²) in [5, 5.41) is 12.2. The molecule has 2 N–H and O–H groups in total. The van der Waals surface area contributed by atoms with Crippen LogP contribution in [0.1, 0.15) is 17.2 Å². The molecule has 1 atom stereocenters. The topological polar surface area (TPSA) is 67.1 Å². The molecule has 3 rings (SSSR count). The first-order valence-electron chi connectivity index (χ1n) is 5.26. The van der Waals surface area contributed by atoms with E-state index in [-0.39, 0.29) is 5.92 Å². The Balaban J connectivity index is 1.95. The number of rotatable bonds is 1. The molecular formula is C10H13N3O2. The van der Waals surface area contributed by atoms with Gasteiger partial charge in [0, 0.05) is 32.5 Å². The van der Waals surface area contributed by atoms with Crippen molar-refractivity contribution in [2.45, 2.75) is 25.9 Å². The fourth-order valence-electron chi connectivity index (χ4n) is 2.45. The van der Waals surface area contributed by atoms with Crippen molar-refractivity contribution in [3.8, 4) is 0 Å². The third-order valence-corrected chi connectivity index (χ3v) is 3.25. The molecule has 3 heterocycles. The lowest BCUT2D eigenvalue weighted by Gasteiger charge is -2.14. The molecule has 1 unspecified atom stereocenters. The zero-order chi connectivity index (χ0) is 10.4. The molecule has 0 aliphatic carbocycles. The molecule has 0 aromatic carbocycles. The van der Waals surface area contributed by atoms with Gasteiger partial charge < -0.3 is 15.0 Å². The van der Waals surface area contributed by atoms with Gasteiger partial charge in [-0.1, -0.05) is 0 Å². The fourth-order valence-corrected chi connectivity index (χ4v) is 2.45. The Bertz CT molecular complexity index is 425. The van der Waals surface area contributed by atoms with Crippen molar-refractivity contribution in [3.05, 3.63) is 17.2 Å². The zero-order valence-electron chi connectivity index (χ0n) is 8.36. The summed E-state index contributed by atoms with van der Waals surface area (Å²) in [4.78, 5) is 15.4. The number of nitrogens with one attached hydrogen (secondary N) is 1. The van der Waals surface area contributed by atoms with Crippen LogP contribution < -0.4 is 5.32 Å². The molecule has 0 bridgehead atoms. The van der Waals surface area contributed by atoms with E-state index in [1.807, 2.05) is 0 Å². The smallest absolute Gasteiger partial charge is 0.308 e. The Morgan fingerprint density at radius 2 is 2.47 bits per heavy atom. The summed E-state index contributed by atoms with van der Waals surface area (Å²) in [6.45, 7) is 2.40. The van der Waals surface area contributed by atoms with Crippen LogP contribution in [-0.2, 0) is 30.7 Å². The number of carbonyl (C=O) groups is 1. The lowest BCUT2D eigenvalue weighted by atomic mass is 10.1. The second-order valence-corrected chi connectivity index (χ2v) is 4.20. The van der Waals surface area contributed by atoms with E-state index in [0.29, 0.717) is 13.0 Å². The standard InChI is InChI=1S/C10H13N3O2/c14-10(15)6-3-9-12-7-1-2-11-4-8(7)13(9)5-6/h6,11H,1-5H2,(H,14,15). The van der Waals surface area contributed by atoms with Gasteiger partial charge in [-0.15, -0.1) is 0 Å². The molecule has 0 radical (unpaired) electrons. The van der Waals surface area contributed by atoms with Crippen LogP contribution in [-0.4, -0.2) is 27.2 Å². The number of hydrogen-bond donors (Lipinski definition) is 2. The molecule has 5 heteroatoms. The summed E-state index contributed by atoms with van der Waals surface area (Å²) in [7, 11) is 0. The number of nitrogens with zero attached hydrogens (tertiary/aromatic N) is 2. The van der Waals surface area contributed by atoms with E-state index in [2.05, 4.69) is 14.9 Å². The molecule has 15 heavy (non-hydrogen) atoms. The van der Waals surface area contributed by atoms with E-state index in [1.54, 1.807) is 0 Å². The number of imidazole rings is 1. The molecule has 2 aliphatic heterocycles. The first kappa shape index (κ1) is 8.91. The molecule has 0 fully saturated rings. The predicted molar refractivity (Wildman–Crippen MR) is 52.5 cm³/mol. The fraction of sp³-hybridized carbons (Fsp3) is 0.600. The maximum Gasteiger partial charge on any atom is 0.308 e. The summed E-state index contributed by atoms with van der Waals surface area (Å²) in [6.07, 6.45) is 1.55. The highest BCUT2D eigenvalue weighted by Gasteiger charge is 2.32. The third kappa shape index (κ3) is 1.26. The van der Waals surface area contributed by atoms with Gasteiger partial charge in [0.15, 0.2) is 0 Å². The van der Waals surface area contributed by atoms with Crippen molar-refractivity contribution in [2.75, 3.05) is 6.54 Å². The van der Waals surface area contributed by atoms with Crippen molar-refractivity contribution < 1.29 is 9.90 Å². The summed E-state index contributed by atoms with van der Waals surface area (Å²) >= 11 is 0. The molecule has 5 nitrogen and oxygen atoms in total. The molecule has 2 aliphatic rings. The van der Waals surface area contributed by atoms with Crippen molar-refractivity contribution >= 4 is 5.97 Å². The molecule has 0 saturated heterocycles. The van der Waals surface area contributed by atoms with E-state index in [0.717, 1.165) is 31.0 Å². The van der Waals surface area contributed by atoms with Crippen LogP contribution in [0.25, 0.3) is 0 Å². The normalized spacial score (nSPS) is 23.6. The Hall–Kier alpha value is -1.36. The highest BCUT2D eigenvalue weighted by molar-refractivity contribution is 5.70. The average molecular weight is 207 g/mol. The maximum absolute atomic E-state index is 10.9. The maximum atomic E-state index is 10.9. The molecule has 0 spiro atoms. The van der Waals surface area contributed by atoms with Gasteiger partial charge in [-0.25, -0.2) is 4.98 Å². The molecular weight excluding hydrogens is 194 g/mol. The van der Waals surface area contributed by atoms with Crippen molar-refractivity contribution in [2.24, 2.45) is 5.92 Å². The van der Waals surface area contributed by atoms with Crippen LogP contribution in [0.15, 0.2) is 0 Å². The van der Waals surface area contributed by atoms with Crippen LogP contribution in [0, 0.1) is 5.92 Å². The molecule has 1 aromatic heterocycles. The van der Waals surface area contributed by atoms with Crippen molar-refractivity contribution in [1.82, 2.24) is 14.9 Å². The van der Waals surface area contributed by atoms with Crippen LogP contribution in [0.2, 0.25) is 0 Å². The molecule has 80 valence electrons. The highest BCUT2D eigenvalue weighted by atomic mass is 16.4. The van der Waals surface area contributed by atoms with Gasteiger partial charge in [-0.05, 0) is 0 Å². The third-order valence-electron chi connectivity index (χ3n) is 3.25. The quantitative estimate of drug-likeness (QED) is 0.668. The van der Waals surface area contributed by atoms with Crippen molar-refractivity contribution in [3.63, 3.8) is 0 Å². The molecule has 0 amide bonds. The number of carboxylic acid groups (broad SMARTS) is 1. The lowest BCUT2D eigenvalue weighted by Crippen LogP contribution is -2.26. The largest absolute Gasteiger partial charge is 0.481 e. The first-order chi connectivity index (χ1) is 7.25. The lowest BCUT2D eigenvalue weighted by molar-refractivity contribution is -0.141. The molecule has 1 aromatic rings. The van der Waals surface area contributed by atoms with E-state index in [9.17, 15) is 4.79 Å². The number of fused-ring (bicyclic) bond motifs is 3. The second-order valence-electron chi connectivity index (χ2n) is 4.20. The number of aliphatic carboxylic acids is 1. The minimum Gasteiger partial charge on any atom is -0.481 e. The van der Waals surface area contributed by atoms with E-state index in [1.165, 1.54) is 5.69 Å². The van der Waals surface area contributed by atoms with Gasteiger partial charge in [0.05, 0.1) is 17.3 Å². The summed E-state index contributed by atoms with van der Waals surface area (Å²) in [5.74, 6) is -0.0335. The van der Waals surface area contributed by atoms with Crippen LogP contribution >= 0.6 is 0 Å². The van der Waals surface area contributed by atoms with E-state index in [4.69, 9.17) is 5.11 Å². The Labute approximate surface area is 87.1 Å². The summed E-state index contributed by atoms with van der Waals surface area (Å²) in [6, 6.07) is 0. The number of aromatic nitrogens is 2. The van der Waals surface area contributed by atoms with Crippen LogP contribution in [0.5, 0.6) is 0 Å². The van der Waals surface area contributed by atoms with E-state index >= 15 is 0 Å². The van der Waals surface area contributed by atoms with Gasteiger partial charge in [0.1, 0.15) is 5.82 Å². The van der Waals surface area contributed by atoms with Gasteiger partial charge in [0.25, 0.3) is 0 Å². The number of carboxylic acids is 1. The highest BCUT2D eigenvalue weighted by Crippen LogP contribution is 2.25. The zero-order valence-corrected chi connectivity index (χ0v) is 8.36. The average Bonchev–Trinajstić information content (AvgIpc) is 2.73. The monoisotopic (exact) mass is 207 g/mol. The first-order valence-corrected chi connectivity index (χ1v) is 5.26. The van der Waals surface area contributed by atoms with Crippen molar-refractivity contribution in [1.29, 1.82) is 0 Å². The summed E-state index contributed by atoms with van der Waals surface area (Å²) in [5.41, 5.74) is 2.35. The Kier molecular flexibility index (Phi) is 1.82. The predicted octanol–water partition coefficient (Wildman–Crippen LogP) is -0.214. The second kappa shape index (κ2) is 3.06.